The molecule has 3 saturated heterocycles. The molecule has 1 spiro atoms. The van der Waals surface area contributed by atoms with E-state index in [0.29, 0.717) is 54.9 Å². The molecule has 1 N–H and O–H groups in total. The number of likely N-dealkylation sites (tertiary alicyclic amines) is 2. The highest BCUT2D eigenvalue weighted by Gasteiger charge is 2.49. The lowest BCUT2D eigenvalue weighted by Crippen LogP contribution is -2.59. The Morgan fingerprint density at radius 1 is 1.24 bits per heavy atom. The average molecular weight is 594 g/mol. The lowest BCUT2D eigenvalue weighted by atomic mass is 9.79. The van der Waals surface area contributed by atoms with E-state index in [4.69, 9.17) is 21.3 Å². The van der Waals surface area contributed by atoms with E-state index in [1.807, 2.05) is 0 Å². The number of aromatic amines is 1. The van der Waals surface area contributed by atoms with Gasteiger partial charge in [-0.05, 0) is 57.1 Å². The maximum absolute atomic E-state index is 16.6. The van der Waals surface area contributed by atoms with Crippen molar-refractivity contribution in [3.63, 3.8) is 0 Å². The van der Waals surface area contributed by atoms with Crippen LogP contribution >= 0.6 is 11.6 Å². The third kappa shape index (κ3) is 4.37. The maximum atomic E-state index is 16.6. The van der Waals surface area contributed by atoms with Crippen molar-refractivity contribution < 1.29 is 18.3 Å². The van der Waals surface area contributed by atoms with Gasteiger partial charge < -0.3 is 19.4 Å². The van der Waals surface area contributed by atoms with Crippen LogP contribution in [-0.4, -0.2) is 88.3 Å². The zero-order valence-electron chi connectivity index (χ0n) is 23.2. The van der Waals surface area contributed by atoms with Crippen LogP contribution in [0.5, 0.6) is 6.01 Å². The summed E-state index contributed by atoms with van der Waals surface area (Å²) in [6.07, 6.45) is 5.80. The maximum Gasteiger partial charge on any atom is 0.319 e. The first-order valence-electron chi connectivity index (χ1n) is 14.1. The molecule has 3 fully saturated rings. The number of ether oxygens (including phenoxy) is 1. The summed E-state index contributed by atoms with van der Waals surface area (Å²) < 4.78 is 37.9. The molecule has 5 heterocycles. The Morgan fingerprint density at radius 3 is 2.83 bits per heavy atom. The van der Waals surface area contributed by atoms with Gasteiger partial charge in [0.15, 0.2) is 5.82 Å². The zero-order valence-corrected chi connectivity index (χ0v) is 23.9. The van der Waals surface area contributed by atoms with Crippen molar-refractivity contribution in [2.45, 2.75) is 25.3 Å². The van der Waals surface area contributed by atoms with Gasteiger partial charge >= 0.3 is 6.01 Å². The second-order valence-electron chi connectivity index (χ2n) is 11.7. The molecule has 0 bridgehead atoms. The molecule has 0 unspecified atom stereocenters. The molecule has 0 radical (unpaired) electrons. The van der Waals surface area contributed by atoms with Crippen LogP contribution in [0.4, 0.5) is 14.6 Å². The van der Waals surface area contributed by atoms with Crippen molar-refractivity contribution in [1.82, 2.24) is 30.0 Å². The van der Waals surface area contributed by atoms with E-state index in [0.717, 1.165) is 25.8 Å². The molecule has 2 aromatic heterocycles. The molecule has 42 heavy (non-hydrogen) atoms. The summed E-state index contributed by atoms with van der Waals surface area (Å²) >= 11 is 6.72. The molecule has 2 aromatic carbocycles. The first kappa shape index (κ1) is 27.0. The average Bonchev–Trinajstić information content (AvgIpc) is 3.71. The fourth-order valence-electron chi connectivity index (χ4n) is 6.71. The molecular formula is C30H30ClF2N7O2. The van der Waals surface area contributed by atoms with E-state index in [-0.39, 0.29) is 45.0 Å². The SMILES string of the molecule is C=CC(=O)N1CC2(CCN(c3nc(OC[C@@H]4CCCN4C)nc4c(F)c(-c5c(F)ccc6cn[nH]c56)c(Cl)cc34)C2)C1. The van der Waals surface area contributed by atoms with Gasteiger partial charge in [0.2, 0.25) is 5.91 Å². The zero-order chi connectivity index (χ0) is 29.2. The van der Waals surface area contributed by atoms with Crippen LogP contribution < -0.4 is 9.64 Å². The van der Waals surface area contributed by atoms with Crippen molar-refractivity contribution in [1.29, 1.82) is 0 Å². The number of benzene rings is 2. The van der Waals surface area contributed by atoms with E-state index >= 15 is 8.78 Å². The number of nitrogens with zero attached hydrogens (tertiary/aromatic N) is 6. The number of amides is 1. The van der Waals surface area contributed by atoms with Crippen molar-refractivity contribution in [2.24, 2.45) is 5.41 Å². The van der Waals surface area contributed by atoms with Gasteiger partial charge in [-0.2, -0.15) is 15.1 Å². The molecule has 3 aliphatic rings. The normalized spacial score (nSPS) is 20.1. The number of halogens is 3. The van der Waals surface area contributed by atoms with Gasteiger partial charge in [0.1, 0.15) is 23.8 Å². The number of hydrogen-bond acceptors (Lipinski definition) is 7. The van der Waals surface area contributed by atoms with Crippen LogP contribution in [-0.2, 0) is 4.79 Å². The quantitative estimate of drug-likeness (QED) is 0.321. The second-order valence-corrected chi connectivity index (χ2v) is 12.1. The molecule has 1 amide bonds. The Hall–Kier alpha value is -3.83. The topological polar surface area (TPSA) is 90.5 Å². The van der Waals surface area contributed by atoms with Gasteiger partial charge in [-0.3, -0.25) is 9.89 Å². The summed E-state index contributed by atoms with van der Waals surface area (Å²) in [7, 11) is 2.05. The standard InChI is InChI=1S/C30H30ClF2N7O2/c1-3-22(41)40-15-30(16-40)8-10-39(14-30)28-19-11-20(31)23(24-21(32)7-6-17-12-34-37-26(17)24)25(33)27(19)35-29(36-28)42-13-18-5-4-9-38(18)2/h3,6-7,11-12,18H,1,4-5,8-10,13-16H2,2H3,(H,34,37)/t18-/m0/s1. The second kappa shape index (κ2) is 10.2. The summed E-state index contributed by atoms with van der Waals surface area (Å²) in [6, 6.07) is 4.72. The van der Waals surface area contributed by atoms with E-state index in [1.165, 1.54) is 12.1 Å². The highest BCUT2D eigenvalue weighted by Crippen LogP contribution is 2.45. The number of fused-ring (bicyclic) bond motifs is 2. The number of carbonyl (C=O) groups excluding carboxylic acids is 1. The van der Waals surface area contributed by atoms with E-state index in [2.05, 4.69) is 38.6 Å². The summed E-state index contributed by atoms with van der Waals surface area (Å²) in [5.74, 6) is -0.968. The fourth-order valence-corrected chi connectivity index (χ4v) is 7.00. The molecule has 3 aliphatic heterocycles. The molecule has 12 heteroatoms. The number of rotatable bonds is 6. The molecule has 0 aliphatic carbocycles. The summed E-state index contributed by atoms with van der Waals surface area (Å²) in [5, 5.41) is 7.85. The van der Waals surface area contributed by atoms with Crippen LogP contribution in [0.3, 0.4) is 0 Å². The number of anilines is 1. The van der Waals surface area contributed by atoms with Crippen molar-refractivity contribution in [3.8, 4) is 17.1 Å². The van der Waals surface area contributed by atoms with Crippen LogP contribution in [0.1, 0.15) is 19.3 Å². The molecule has 4 aromatic rings. The van der Waals surface area contributed by atoms with E-state index in [1.54, 1.807) is 23.2 Å². The predicted molar refractivity (Wildman–Crippen MR) is 157 cm³/mol. The molecule has 218 valence electrons. The third-order valence-corrected chi connectivity index (χ3v) is 9.31. The number of nitrogens with one attached hydrogen (secondary N) is 1. The molecule has 0 saturated carbocycles. The van der Waals surface area contributed by atoms with Crippen molar-refractivity contribution >= 4 is 45.1 Å². The lowest BCUT2D eigenvalue weighted by Gasteiger charge is -2.47. The van der Waals surface area contributed by atoms with Crippen molar-refractivity contribution in [3.05, 3.63) is 53.7 Å². The predicted octanol–water partition coefficient (Wildman–Crippen LogP) is 4.80. The molecular weight excluding hydrogens is 564 g/mol. The number of aromatic nitrogens is 4. The minimum atomic E-state index is -0.759. The Bertz CT molecular complexity index is 1740. The third-order valence-electron chi connectivity index (χ3n) is 9.01. The highest BCUT2D eigenvalue weighted by molar-refractivity contribution is 6.35. The number of likely N-dealkylation sites (N-methyl/N-ethyl adjacent to an activating group) is 1. The lowest BCUT2D eigenvalue weighted by molar-refractivity contribution is -0.136. The smallest absolute Gasteiger partial charge is 0.319 e. The van der Waals surface area contributed by atoms with Gasteiger partial charge in [-0.25, -0.2) is 8.78 Å². The largest absolute Gasteiger partial charge is 0.462 e. The van der Waals surface area contributed by atoms with Crippen LogP contribution in [0.15, 0.2) is 37.1 Å². The van der Waals surface area contributed by atoms with Gasteiger partial charge in [-0.15, -0.1) is 0 Å². The summed E-state index contributed by atoms with van der Waals surface area (Å²) in [4.78, 5) is 27.4. The number of carbonyl (C=O) groups is 1. The Kier molecular flexibility index (Phi) is 6.54. The highest BCUT2D eigenvalue weighted by atomic mass is 35.5. The summed E-state index contributed by atoms with van der Waals surface area (Å²) in [5.41, 5.74) is 0.160. The Labute approximate surface area is 246 Å². The van der Waals surface area contributed by atoms with Crippen LogP contribution in [0.25, 0.3) is 32.9 Å². The Balaban J connectivity index is 1.32. The van der Waals surface area contributed by atoms with Gasteiger partial charge in [0.25, 0.3) is 0 Å². The monoisotopic (exact) mass is 593 g/mol. The van der Waals surface area contributed by atoms with Crippen LogP contribution in [0.2, 0.25) is 5.02 Å². The van der Waals surface area contributed by atoms with E-state index in [9.17, 15) is 4.79 Å². The molecule has 9 nitrogen and oxygen atoms in total. The van der Waals surface area contributed by atoms with Gasteiger partial charge in [-0.1, -0.05) is 18.2 Å². The number of hydrogen-bond donors (Lipinski definition) is 1. The number of H-pyrrole nitrogens is 1. The van der Waals surface area contributed by atoms with Crippen LogP contribution in [0, 0.1) is 17.0 Å². The van der Waals surface area contributed by atoms with E-state index < -0.39 is 11.6 Å². The first-order valence-corrected chi connectivity index (χ1v) is 14.5. The fraction of sp³-hybridized carbons (Fsp3) is 0.400. The van der Waals surface area contributed by atoms with Gasteiger partial charge in [0, 0.05) is 59.5 Å². The molecule has 7 rings (SSSR count). The van der Waals surface area contributed by atoms with Crippen molar-refractivity contribution in [2.75, 3.05) is 51.3 Å². The Morgan fingerprint density at radius 2 is 2.07 bits per heavy atom. The molecule has 1 atom stereocenters. The minimum Gasteiger partial charge on any atom is -0.462 e. The van der Waals surface area contributed by atoms with Gasteiger partial charge in [0.05, 0.1) is 16.7 Å². The first-order chi connectivity index (χ1) is 20.3. The summed E-state index contributed by atoms with van der Waals surface area (Å²) in [6.45, 7) is 7.49. The minimum absolute atomic E-state index is 0.00289.